The van der Waals surface area contributed by atoms with E-state index >= 15 is 0 Å². The first kappa shape index (κ1) is 36.8. The summed E-state index contributed by atoms with van der Waals surface area (Å²) in [7, 11) is 0. The molecule has 7 aromatic carbocycles. The molecule has 2 atom stereocenters. The number of hydrogen-bond acceptors (Lipinski definition) is 5. The molecule has 3 aliphatic heterocycles. The molecule has 0 spiro atoms. The first-order valence-corrected chi connectivity index (χ1v) is 22.2. The van der Waals surface area contributed by atoms with Crippen LogP contribution in [0, 0.1) is 32.5 Å². The second-order valence-electron chi connectivity index (χ2n) is 19.4. The Balaban J connectivity index is 0.00000596. The van der Waals surface area contributed by atoms with Gasteiger partial charge >= 0.3 is 0 Å². The Morgan fingerprint density at radius 2 is 1.23 bits per heavy atom. The number of fused-ring (bicyclic) bond motifs is 9. The van der Waals surface area contributed by atoms with E-state index in [1.807, 2.05) is 61.4 Å². The van der Waals surface area contributed by atoms with Crippen molar-refractivity contribution in [3.8, 4) is 33.8 Å². The maximum atomic E-state index is 8.36. The summed E-state index contributed by atoms with van der Waals surface area (Å²) >= 11 is 0. The zero-order valence-electron chi connectivity index (χ0n) is 43.8. The van der Waals surface area contributed by atoms with E-state index in [0.29, 0.717) is 22.6 Å². The number of anilines is 5. The summed E-state index contributed by atoms with van der Waals surface area (Å²) in [5.41, 5.74) is 13.4. The Kier molecular flexibility index (Phi) is 9.17. The van der Waals surface area contributed by atoms with Crippen LogP contribution in [-0.4, -0.2) is 4.98 Å². The number of benzene rings is 7. The van der Waals surface area contributed by atoms with Crippen LogP contribution in [0.3, 0.4) is 0 Å². The predicted octanol–water partition coefficient (Wildman–Crippen LogP) is 15.4. The molecule has 4 heterocycles. The van der Waals surface area contributed by atoms with Crippen molar-refractivity contribution >= 4 is 28.6 Å². The molecule has 2 unspecified atom stereocenters. The zero-order chi connectivity index (χ0) is 49.8. The summed E-state index contributed by atoms with van der Waals surface area (Å²) in [5, 5.41) is 0. The van der Waals surface area contributed by atoms with Crippen molar-refractivity contribution in [2.75, 3.05) is 14.7 Å². The Hall–Kier alpha value is -6.42. The normalized spacial score (nSPS) is 17.6. The van der Waals surface area contributed by atoms with E-state index in [0.717, 1.165) is 45.3 Å². The van der Waals surface area contributed by atoms with Crippen molar-refractivity contribution in [3.63, 3.8) is 0 Å². The van der Waals surface area contributed by atoms with Crippen LogP contribution < -0.4 is 19.4 Å². The van der Waals surface area contributed by atoms with Crippen molar-refractivity contribution in [2.45, 2.75) is 78.2 Å². The van der Waals surface area contributed by atoms with Crippen LogP contribution in [0.15, 0.2) is 158 Å². The van der Waals surface area contributed by atoms with Gasteiger partial charge in [0.2, 0.25) is 0 Å². The zero-order valence-corrected chi connectivity index (χ0v) is 40.0. The first-order chi connectivity index (χ1) is 33.7. The number of aryl methyl sites for hydroxylation is 2. The van der Waals surface area contributed by atoms with Crippen LogP contribution in [0.25, 0.3) is 22.3 Å². The third kappa shape index (κ3) is 7.52. The van der Waals surface area contributed by atoms with Crippen molar-refractivity contribution < 1.29 is 34.0 Å². The average molecular weight is 1050 g/mol. The Bertz CT molecular complexity index is 3340. The molecular weight excluding hydrogens is 988 g/mol. The van der Waals surface area contributed by atoms with Gasteiger partial charge in [-0.3, -0.25) is 0 Å². The van der Waals surface area contributed by atoms with E-state index in [1.165, 1.54) is 33.9 Å². The van der Waals surface area contributed by atoms with Gasteiger partial charge in [-0.25, -0.2) is 4.98 Å². The van der Waals surface area contributed by atoms with Crippen LogP contribution in [0.5, 0.6) is 11.5 Å². The molecule has 2 bridgehead atoms. The van der Waals surface area contributed by atoms with Gasteiger partial charge in [0.15, 0.2) is 0 Å². The average Bonchev–Trinajstić information content (AvgIpc) is 4.00. The molecule has 0 fully saturated rings. The van der Waals surface area contributed by atoms with E-state index in [2.05, 4.69) is 153 Å². The van der Waals surface area contributed by atoms with Gasteiger partial charge in [-0.1, -0.05) is 150 Å². The second kappa shape index (κ2) is 16.5. The number of rotatable bonds is 7. The number of pyridine rings is 1. The standard InChI is InChI=1S/C60H53N4O.Pt/c1-38-31-39(2)33-41(32-38)48-20-14-19-47(40-23-25-42(26-24-40)59(3,4)5)56(48)63-37-62(53-21-11-12-22-54(53)63)44-15-13-16-45(35-44)65-46-27-28-51-52(36-46)58-50-18-10-9-17-49(50)57(51)64(58)55-34-43(29-30-61-55)60(6,7)8;/h9-26,28-34,36-37,57-58H,1-8H3;/q-3;/i1D3,2D3;. The maximum absolute atomic E-state index is 8.36. The number of para-hydroxylation sites is 3. The molecule has 6 heteroatoms. The molecular formula is C60H53N4OPt-3. The minimum atomic E-state index is -2.54. The number of aromatic nitrogens is 1. The summed E-state index contributed by atoms with van der Waals surface area (Å²) in [6, 6.07) is 57.0. The monoisotopic (exact) mass is 1050 g/mol. The molecule has 5 nitrogen and oxygen atoms in total. The number of nitrogens with zero attached hydrogens (tertiary/aromatic N) is 4. The maximum Gasteiger partial charge on any atom is 0.129 e. The van der Waals surface area contributed by atoms with E-state index in [-0.39, 0.29) is 55.1 Å². The Morgan fingerprint density at radius 1 is 0.591 bits per heavy atom. The molecule has 0 aliphatic carbocycles. The number of hydrogen-bond donors (Lipinski definition) is 0. The molecule has 11 rings (SSSR count). The molecule has 0 radical (unpaired) electrons. The summed E-state index contributed by atoms with van der Waals surface area (Å²) in [6.07, 6.45) is 1.92. The molecule has 332 valence electrons. The van der Waals surface area contributed by atoms with Crippen LogP contribution in [0.2, 0.25) is 0 Å². The van der Waals surface area contributed by atoms with Crippen molar-refractivity contribution in [1.82, 2.24) is 4.98 Å². The largest absolute Gasteiger partial charge is 0.509 e. The summed E-state index contributed by atoms with van der Waals surface area (Å²) in [5.74, 6) is 2.04. The molecule has 0 N–H and O–H groups in total. The minimum Gasteiger partial charge on any atom is -0.509 e. The molecule has 66 heavy (non-hydrogen) atoms. The van der Waals surface area contributed by atoms with Crippen LogP contribution in [-0.2, 0) is 31.9 Å². The van der Waals surface area contributed by atoms with Crippen LogP contribution in [0.1, 0.15) is 106 Å². The van der Waals surface area contributed by atoms with E-state index in [1.54, 1.807) is 12.1 Å². The van der Waals surface area contributed by atoms with Gasteiger partial charge < -0.3 is 19.4 Å². The fourth-order valence-corrected chi connectivity index (χ4v) is 9.85. The van der Waals surface area contributed by atoms with E-state index in [9.17, 15) is 0 Å². The minimum absolute atomic E-state index is 0. The van der Waals surface area contributed by atoms with Crippen molar-refractivity contribution in [2.24, 2.45) is 0 Å². The predicted molar refractivity (Wildman–Crippen MR) is 267 cm³/mol. The van der Waals surface area contributed by atoms with Crippen molar-refractivity contribution in [1.29, 1.82) is 0 Å². The topological polar surface area (TPSA) is 31.8 Å². The molecule has 0 saturated carbocycles. The van der Waals surface area contributed by atoms with Crippen LogP contribution in [0.4, 0.5) is 28.6 Å². The first-order valence-electron chi connectivity index (χ1n) is 25.2. The Morgan fingerprint density at radius 3 is 1.91 bits per heavy atom. The molecule has 3 aliphatic rings. The fraction of sp³-hybridized carbons (Fsp3) is 0.200. The second-order valence-corrected chi connectivity index (χ2v) is 19.4. The van der Waals surface area contributed by atoms with Gasteiger partial charge in [0, 0.05) is 81.2 Å². The third-order valence-corrected chi connectivity index (χ3v) is 13.0. The van der Waals surface area contributed by atoms with Gasteiger partial charge in [0.05, 0.1) is 6.04 Å². The van der Waals surface area contributed by atoms with Crippen molar-refractivity contribution in [3.05, 3.63) is 221 Å². The smallest absolute Gasteiger partial charge is 0.129 e. The molecule has 0 saturated heterocycles. The van der Waals surface area contributed by atoms with E-state index < -0.39 is 13.7 Å². The number of ether oxygens (including phenoxy) is 1. The Labute approximate surface area is 413 Å². The van der Waals surface area contributed by atoms with Gasteiger partial charge in [0.25, 0.3) is 0 Å². The van der Waals surface area contributed by atoms with Gasteiger partial charge in [-0.2, -0.15) is 12.1 Å². The molecule has 1 aromatic heterocycles. The summed E-state index contributed by atoms with van der Waals surface area (Å²) in [6.45, 7) is 10.2. The van der Waals surface area contributed by atoms with Crippen LogP contribution >= 0.6 is 0 Å². The summed E-state index contributed by atoms with van der Waals surface area (Å²) in [4.78, 5) is 11.5. The molecule has 8 aromatic rings. The third-order valence-electron chi connectivity index (χ3n) is 13.0. The molecule has 0 amide bonds. The van der Waals surface area contributed by atoms with Gasteiger partial charge in [0.1, 0.15) is 5.82 Å². The SMILES string of the molecule is [2H]C([2H])([2H])c1cc(-c2cccc(-c3ccc(C(C)(C)C)cc3)c2N2[CH-]N(c3[c-]c(Oc4[c-]cc5c(c4)C4c6ccccc6C5N4c4cc(C(C)(C)C)ccn4)ccc3)c3ccccc32)cc(C([2H])([2H])[2H])c1.[Pt]. The fourth-order valence-electron chi connectivity index (χ4n) is 9.85. The van der Waals surface area contributed by atoms with Gasteiger partial charge in [-0.05, 0) is 82.2 Å². The van der Waals surface area contributed by atoms with E-state index in [4.69, 9.17) is 17.9 Å². The summed E-state index contributed by atoms with van der Waals surface area (Å²) < 4.78 is 56.8. The quantitative estimate of drug-likeness (QED) is 0.149. The van der Waals surface area contributed by atoms with Gasteiger partial charge in [-0.15, -0.1) is 53.8 Å².